The van der Waals surface area contributed by atoms with Crippen LogP contribution in [-0.2, 0) is 4.74 Å². The van der Waals surface area contributed by atoms with Crippen molar-refractivity contribution < 1.29 is 27.4 Å². The Morgan fingerprint density at radius 1 is 1.18 bits per heavy atom. The summed E-state index contributed by atoms with van der Waals surface area (Å²) in [7, 11) is 1.44. The molecule has 2 aliphatic rings. The molecule has 34 heavy (non-hydrogen) atoms. The first-order valence-electron chi connectivity index (χ1n) is 11.1. The monoisotopic (exact) mass is 474 g/mol. The van der Waals surface area contributed by atoms with Crippen LogP contribution >= 0.6 is 0 Å². The summed E-state index contributed by atoms with van der Waals surface area (Å²) in [5.41, 5.74) is 1.23. The summed E-state index contributed by atoms with van der Waals surface area (Å²) in [4.78, 5) is 10.2. The van der Waals surface area contributed by atoms with Crippen molar-refractivity contribution in [3.05, 3.63) is 48.0 Å². The fourth-order valence-corrected chi connectivity index (χ4v) is 4.28. The first kappa shape index (κ1) is 22.7. The maximum Gasteiger partial charge on any atom is 0.296 e. The lowest BCUT2D eigenvalue weighted by molar-refractivity contribution is -0.170. The zero-order valence-electron chi connectivity index (χ0n) is 18.9. The number of hydrogen-bond acceptors (Lipinski definition) is 7. The quantitative estimate of drug-likeness (QED) is 0.571. The summed E-state index contributed by atoms with van der Waals surface area (Å²) < 4.78 is 60.9. The van der Waals surface area contributed by atoms with Crippen LogP contribution in [0, 0.1) is 12.7 Å². The van der Waals surface area contributed by atoms with Crippen molar-refractivity contribution in [2.24, 2.45) is 0 Å². The summed E-state index contributed by atoms with van der Waals surface area (Å²) in [5, 5.41) is 3.47. The lowest BCUT2D eigenvalue weighted by Gasteiger charge is -2.44. The SMILES string of the molecule is COc1cc2ncnc(Nc3cccc(C)c3F)c2cc1O[C@H]1CCN(C2COC2)CC1(F)F. The number of methoxy groups -OCH3 is 1. The van der Waals surface area contributed by atoms with E-state index in [-0.39, 0.29) is 36.2 Å². The molecule has 3 aromatic rings. The average molecular weight is 474 g/mol. The number of hydrogen-bond donors (Lipinski definition) is 1. The van der Waals surface area contributed by atoms with Crippen molar-refractivity contribution in [3.63, 3.8) is 0 Å². The molecule has 2 aromatic carbocycles. The number of aromatic nitrogens is 2. The summed E-state index contributed by atoms with van der Waals surface area (Å²) >= 11 is 0. The minimum Gasteiger partial charge on any atom is -0.493 e. The van der Waals surface area contributed by atoms with E-state index in [9.17, 15) is 13.2 Å². The van der Waals surface area contributed by atoms with Gasteiger partial charge in [0.05, 0.1) is 44.1 Å². The molecular formula is C24H25F3N4O3. The van der Waals surface area contributed by atoms with E-state index in [2.05, 4.69) is 15.3 Å². The van der Waals surface area contributed by atoms with Gasteiger partial charge in [0.25, 0.3) is 5.92 Å². The van der Waals surface area contributed by atoms with Gasteiger partial charge < -0.3 is 19.5 Å². The van der Waals surface area contributed by atoms with Gasteiger partial charge in [0.2, 0.25) is 0 Å². The lowest BCUT2D eigenvalue weighted by atomic mass is 10.0. The van der Waals surface area contributed by atoms with Crippen LogP contribution in [0.1, 0.15) is 12.0 Å². The third kappa shape index (κ3) is 4.23. The molecule has 2 saturated heterocycles. The van der Waals surface area contributed by atoms with Crippen molar-refractivity contribution in [2.75, 3.05) is 38.7 Å². The van der Waals surface area contributed by atoms with Gasteiger partial charge in [0.15, 0.2) is 17.6 Å². The van der Waals surface area contributed by atoms with E-state index < -0.39 is 17.8 Å². The second kappa shape index (κ2) is 8.92. The number of likely N-dealkylation sites (tertiary alicyclic amines) is 1. The van der Waals surface area contributed by atoms with Crippen LogP contribution in [0.4, 0.5) is 24.7 Å². The van der Waals surface area contributed by atoms with E-state index >= 15 is 0 Å². The van der Waals surface area contributed by atoms with Crippen molar-refractivity contribution in [1.29, 1.82) is 0 Å². The Bertz CT molecular complexity index is 1210. The van der Waals surface area contributed by atoms with Crippen molar-refractivity contribution in [3.8, 4) is 11.5 Å². The molecule has 0 amide bonds. The van der Waals surface area contributed by atoms with Crippen LogP contribution in [0.15, 0.2) is 36.7 Å². The van der Waals surface area contributed by atoms with Gasteiger partial charge in [0, 0.05) is 24.4 Å². The zero-order chi connectivity index (χ0) is 23.9. The van der Waals surface area contributed by atoms with Crippen molar-refractivity contribution >= 4 is 22.4 Å². The number of fused-ring (bicyclic) bond motifs is 1. The van der Waals surface area contributed by atoms with Crippen molar-refractivity contribution in [2.45, 2.75) is 31.4 Å². The van der Waals surface area contributed by atoms with Crippen LogP contribution < -0.4 is 14.8 Å². The van der Waals surface area contributed by atoms with Gasteiger partial charge in [-0.25, -0.2) is 23.1 Å². The van der Waals surface area contributed by atoms with Crippen molar-refractivity contribution in [1.82, 2.24) is 14.9 Å². The standard InChI is InChI=1S/C24H25F3N4O3/c1-14-4-3-5-17(22(14)25)30-23-16-8-20(19(32-2)9-18(16)28-13-29-23)34-21-6-7-31(12-24(21,26)27)15-10-33-11-15/h3-5,8-9,13,15,21H,6-7,10-12H2,1-2H3,(H,28,29,30)/t21-/m0/s1. The smallest absolute Gasteiger partial charge is 0.296 e. The maximum absolute atomic E-state index is 15.0. The number of nitrogens with one attached hydrogen (secondary N) is 1. The first-order valence-corrected chi connectivity index (χ1v) is 11.1. The molecular weight excluding hydrogens is 449 g/mol. The second-order valence-corrected chi connectivity index (χ2v) is 8.62. The predicted octanol–water partition coefficient (Wildman–Crippen LogP) is 4.32. The van der Waals surface area contributed by atoms with Gasteiger partial charge in [-0.1, -0.05) is 12.1 Å². The molecule has 1 aromatic heterocycles. The molecule has 3 heterocycles. The lowest BCUT2D eigenvalue weighted by Crippen LogP contribution is -2.60. The van der Waals surface area contributed by atoms with Gasteiger partial charge in [-0.3, -0.25) is 4.90 Å². The molecule has 2 fully saturated rings. The Kier molecular flexibility index (Phi) is 5.95. The molecule has 1 N–H and O–H groups in total. The van der Waals surface area contributed by atoms with E-state index in [0.29, 0.717) is 42.0 Å². The maximum atomic E-state index is 15.0. The van der Waals surface area contributed by atoms with E-state index in [0.717, 1.165) is 0 Å². The van der Waals surface area contributed by atoms with Gasteiger partial charge in [-0.15, -0.1) is 0 Å². The summed E-state index contributed by atoms with van der Waals surface area (Å²) in [6, 6.07) is 8.19. The fourth-order valence-electron chi connectivity index (χ4n) is 4.28. The van der Waals surface area contributed by atoms with Crippen LogP contribution in [0.5, 0.6) is 11.5 Å². The Morgan fingerprint density at radius 2 is 2.00 bits per heavy atom. The van der Waals surface area contributed by atoms with Gasteiger partial charge >= 0.3 is 0 Å². The van der Waals surface area contributed by atoms with E-state index in [1.807, 2.05) is 0 Å². The molecule has 0 saturated carbocycles. The van der Waals surface area contributed by atoms with E-state index in [1.54, 1.807) is 42.2 Å². The first-order chi connectivity index (χ1) is 16.4. The number of ether oxygens (including phenoxy) is 3. The number of rotatable bonds is 6. The topological polar surface area (TPSA) is 68.7 Å². The molecule has 180 valence electrons. The van der Waals surface area contributed by atoms with Crippen LogP contribution in [0.2, 0.25) is 0 Å². The summed E-state index contributed by atoms with van der Waals surface area (Å²) in [5.74, 6) is -2.68. The van der Waals surface area contributed by atoms with Crippen LogP contribution in [-0.4, -0.2) is 66.3 Å². The largest absolute Gasteiger partial charge is 0.493 e. The molecule has 2 aliphatic heterocycles. The Morgan fingerprint density at radius 3 is 2.71 bits per heavy atom. The molecule has 1 atom stereocenters. The summed E-state index contributed by atoms with van der Waals surface area (Å²) in [6.07, 6.45) is 0.188. The van der Waals surface area contributed by atoms with E-state index in [4.69, 9.17) is 14.2 Å². The number of anilines is 2. The fraction of sp³-hybridized carbons (Fsp3) is 0.417. The number of benzene rings is 2. The Balaban J connectivity index is 1.45. The molecule has 7 nitrogen and oxygen atoms in total. The zero-order valence-corrected chi connectivity index (χ0v) is 18.9. The normalized spacial score (nSPS) is 20.7. The minimum absolute atomic E-state index is 0.0369. The predicted molar refractivity (Wildman–Crippen MR) is 121 cm³/mol. The number of nitrogens with zero attached hydrogens (tertiary/aromatic N) is 3. The molecule has 0 spiro atoms. The van der Waals surface area contributed by atoms with Gasteiger partial charge in [-0.05, 0) is 24.6 Å². The number of halogens is 3. The highest BCUT2D eigenvalue weighted by atomic mass is 19.3. The Labute approximate surface area is 194 Å². The van der Waals surface area contributed by atoms with Gasteiger partial charge in [0.1, 0.15) is 18.0 Å². The van der Waals surface area contributed by atoms with Crippen LogP contribution in [0.3, 0.4) is 0 Å². The third-order valence-corrected chi connectivity index (χ3v) is 6.34. The molecule has 0 bridgehead atoms. The number of aryl methyl sites for hydroxylation is 1. The second-order valence-electron chi connectivity index (χ2n) is 8.62. The molecule has 0 aliphatic carbocycles. The number of piperidine rings is 1. The summed E-state index contributed by atoms with van der Waals surface area (Å²) in [6.45, 7) is 2.74. The molecule has 5 rings (SSSR count). The number of alkyl halides is 2. The minimum atomic E-state index is -3.05. The molecule has 10 heteroatoms. The third-order valence-electron chi connectivity index (χ3n) is 6.34. The highest BCUT2D eigenvalue weighted by Gasteiger charge is 2.48. The highest BCUT2D eigenvalue weighted by Crippen LogP contribution is 2.39. The van der Waals surface area contributed by atoms with Crippen LogP contribution in [0.25, 0.3) is 10.9 Å². The van der Waals surface area contributed by atoms with Gasteiger partial charge in [-0.2, -0.15) is 0 Å². The molecule has 0 unspecified atom stereocenters. The Hall–Kier alpha value is -3.11. The molecule has 0 radical (unpaired) electrons. The van der Waals surface area contributed by atoms with E-state index in [1.165, 1.54) is 13.4 Å². The highest BCUT2D eigenvalue weighted by molar-refractivity contribution is 5.93. The average Bonchev–Trinajstić information content (AvgIpc) is 2.77.